The average Bonchev–Trinajstić information content (AvgIpc) is 3.14. The van der Waals surface area contributed by atoms with Crippen LogP contribution in [0.3, 0.4) is 0 Å². The van der Waals surface area contributed by atoms with Crippen LogP contribution in [0.2, 0.25) is 0 Å². The number of hydrogen-bond donors (Lipinski definition) is 1. The zero-order valence-corrected chi connectivity index (χ0v) is 19.8. The molecule has 0 unspecified atom stereocenters. The lowest BCUT2D eigenvalue weighted by Gasteiger charge is -2.23. The van der Waals surface area contributed by atoms with E-state index < -0.39 is 12.1 Å². The van der Waals surface area contributed by atoms with Gasteiger partial charge >= 0.3 is 12.1 Å². The van der Waals surface area contributed by atoms with E-state index in [4.69, 9.17) is 9.84 Å². The van der Waals surface area contributed by atoms with Crippen LogP contribution in [0.4, 0.5) is 4.79 Å². The Balaban J connectivity index is 1.53. The first-order chi connectivity index (χ1) is 16.1. The molecule has 33 heavy (non-hydrogen) atoms. The first-order valence-electron chi connectivity index (χ1n) is 12.4. The van der Waals surface area contributed by atoms with Crippen molar-refractivity contribution in [3.05, 3.63) is 59.7 Å². The van der Waals surface area contributed by atoms with Gasteiger partial charge in [-0.2, -0.15) is 0 Å². The lowest BCUT2D eigenvalue weighted by atomic mass is 9.98. The molecule has 0 atom stereocenters. The van der Waals surface area contributed by atoms with E-state index in [0.717, 1.165) is 19.3 Å². The third-order valence-corrected chi connectivity index (χ3v) is 6.47. The maximum absolute atomic E-state index is 12.9. The fourth-order valence-corrected chi connectivity index (χ4v) is 4.65. The van der Waals surface area contributed by atoms with Crippen LogP contribution in [0.5, 0.6) is 0 Å². The summed E-state index contributed by atoms with van der Waals surface area (Å²) in [7, 11) is 0. The molecular weight excluding hydrogens is 414 g/mol. The van der Waals surface area contributed by atoms with Crippen molar-refractivity contribution in [2.24, 2.45) is 0 Å². The van der Waals surface area contributed by atoms with E-state index in [-0.39, 0.29) is 25.5 Å². The predicted molar refractivity (Wildman–Crippen MR) is 132 cm³/mol. The van der Waals surface area contributed by atoms with Gasteiger partial charge in [-0.25, -0.2) is 4.79 Å². The Hall–Kier alpha value is -2.82. The molecule has 178 valence electrons. The predicted octanol–water partition coefficient (Wildman–Crippen LogP) is 6.85. The van der Waals surface area contributed by atoms with Gasteiger partial charge in [-0.3, -0.25) is 4.79 Å². The van der Waals surface area contributed by atoms with Crippen molar-refractivity contribution < 1.29 is 19.4 Å². The van der Waals surface area contributed by atoms with E-state index in [0.29, 0.717) is 6.54 Å². The highest BCUT2D eigenvalue weighted by atomic mass is 16.6. The van der Waals surface area contributed by atoms with Gasteiger partial charge in [-0.05, 0) is 28.7 Å². The quantitative estimate of drug-likeness (QED) is 0.319. The number of aliphatic carboxylic acids is 1. The summed E-state index contributed by atoms with van der Waals surface area (Å²) in [6.45, 7) is 3.20. The first kappa shape index (κ1) is 24.8. The van der Waals surface area contributed by atoms with Gasteiger partial charge in [0.25, 0.3) is 0 Å². The number of unbranched alkanes of at least 4 members (excludes halogenated alkanes) is 7. The molecule has 2 aromatic rings. The van der Waals surface area contributed by atoms with Gasteiger partial charge in [0.1, 0.15) is 6.61 Å². The van der Waals surface area contributed by atoms with Crippen molar-refractivity contribution in [3.63, 3.8) is 0 Å². The van der Waals surface area contributed by atoms with Crippen LogP contribution in [-0.2, 0) is 9.53 Å². The maximum atomic E-state index is 12.9. The number of ether oxygens (including phenoxy) is 1. The number of hydrogen-bond acceptors (Lipinski definition) is 3. The number of fused-ring (bicyclic) bond motifs is 3. The number of nitrogens with zero attached hydrogens (tertiary/aromatic N) is 1. The Morgan fingerprint density at radius 3 is 1.94 bits per heavy atom. The Kier molecular flexibility index (Phi) is 9.79. The number of rotatable bonds is 14. The lowest BCUT2D eigenvalue weighted by molar-refractivity contribution is -0.137. The van der Waals surface area contributed by atoms with Gasteiger partial charge in [0.2, 0.25) is 0 Å². The van der Waals surface area contributed by atoms with Crippen molar-refractivity contribution in [1.29, 1.82) is 0 Å². The van der Waals surface area contributed by atoms with Crippen molar-refractivity contribution >= 4 is 12.1 Å². The van der Waals surface area contributed by atoms with Crippen molar-refractivity contribution in [3.8, 4) is 11.1 Å². The molecule has 2 aromatic carbocycles. The topological polar surface area (TPSA) is 66.8 Å². The number of carboxylic acids is 1. The van der Waals surface area contributed by atoms with Gasteiger partial charge in [0, 0.05) is 19.0 Å². The highest BCUT2D eigenvalue weighted by Gasteiger charge is 2.29. The molecule has 0 aromatic heterocycles. The Bertz CT molecular complexity index is 865. The van der Waals surface area contributed by atoms with Gasteiger partial charge < -0.3 is 14.7 Å². The number of carboxylic acid groups (broad SMARTS) is 1. The standard InChI is InChI=1S/C28H37NO4/c1-2-3-4-5-6-7-8-13-19-29(20-18-27(30)31)28(32)33-21-26-24-16-11-9-14-22(24)23-15-10-12-17-25(23)26/h9-12,14-17,26H,2-8,13,18-21H2,1H3,(H,30,31). The van der Waals surface area contributed by atoms with Crippen LogP contribution in [0.15, 0.2) is 48.5 Å². The molecule has 0 aliphatic heterocycles. The summed E-state index contributed by atoms with van der Waals surface area (Å²) in [6, 6.07) is 16.5. The molecule has 5 nitrogen and oxygen atoms in total. The number of carbonyl (C=O) groups excluding carboxylic acids is 1. The Morgan fingerprint density at radius 2 is 1.36 bits per heavy atom. The van der Waals surface area contributed by atoms with Gasteiger partial charge in [-0.15, -0.1) is 0 Å². The second kappa shape index (κ2) is 13.0. The van der Waals surface area contributed by atoms with Gasteiger partial charge in [0.15, 0.2) is 0 Å². The zero-order valence-electron chi connectivity index (χ0n) is 19.8. The summed E-state index contributed by atoms with van der Waals surface area (Å²) in [5.41, 5.74) is 4.73. The fraction of sp³-hybridized carbons (Fsp3) is 0.500. The molecule has 0 fully saturated rings. The van der Waals surface area contributed by atoms with Crippen molar-refractivity contribution in [1.82, 2.24) is 4.90 Å². The Morgan fingerprint density at radius 1 is 0.818 bits per heavy atom. The van der Waals surface area contributed by atoms with E-state index >= 15 is 0 Å². The van der Waals surface area contributed by atoms with Crippen LogP contribution in [0.1, 0.15) is 81.8 Å². The molecule has 5 heteroatoms. The lowest BCUT2D eigenvalue weighted by Crippen LogP contribution is -2.35. The van der Waals surface area contributed by atoms with Crippen LogP contribution < -0.4 is 0 Å². The molecule has 0 heterocycles. The Labute approximate surface area is 197 Å². The first-order valence-corrected chi connectivity index (χ1v) is 12.4. The van der Waals surface area contributed by atoms with Crippen LogP contribution in [0.25, 0.3) is 11.1 Å². The van der Waals surface area contributed by atoms with E-state index in [1.807, 2.05) is 24.3 Å². The molecule has 0 saturated carbocycles. The summed E-state index contributed by atoms with van der Waals surface area (Å²) < 4.78 is 5.75. The van der Waals surface area contributed by atoms with Crippen molar-refractivity contribution in [2.75, 3.05) is 19.7 Å². The minimum atomic E-state index is -0.901. The van der Waals surface area contributed by atoms with E-state index in [9.17, 15) is 9.59 Å². The summed E-state index contributed by atoms with van der Waals surface area (Å²) in [5.74, 6) is -0.895. The molecule has 3 rings (SSSR count). The third-order valence-electron chi connectivity index (χ3n) is 6.47. The van der Waals surface area contributed by atoms with E-state index in [1.165, 1.54) is 54.4 Å². The highest BCUT2D eigenvalue weighted by molar-refractivity contribution is 5.79. The molecule has 1 aliphatic carbocycles. The minimum absolute atomic E-state index is 0.00537. The minimum Gasteiger partial charge on any atom is -0.481 e. The number of carbonyl (C=O) groups is 2. The number of benzene rings is 2. The van der Waals surface area contributed by atoms with E-state index in [1.54, 1.807) is 4.90 Å². The second-order valence-corrected chi connectivity index (χ2v) is 8.91. The van der Waals surface area contributed by atoms with Crippen LogP contribution in [-0.4, -0.2) is 41.8 Å². The summed E-state index contributed by atoms with van der Waals surface area (Å²) in [6.07, 6.45) is 8.92. The third kappa shape index (κ3) is 7.08. The molecule has 0 spiro atoms. The summed E-state index contributed by atoms with van der Waals surface area (Å²) >= 11 is 0. The zero-order chi connectivity index (χ0) is 23.5. The van der Waals surface area contributed by atoms with Gasteiger partial charge in [-0.1, -0.05) is 100 Å². The summed E-state index contributed by atoms with van der Waals surface area (Å²) in [4.78, 5) is 25.5. The smallest absolute Gasteiger partial charge is 0.409 e. The normalized spacial score (nSPS) is 12.3. The monoisotopic (exact) mass is 451 g/mol. The summed E-state index contributed by atoms with van der Waals surface area (Å²) in [5, 5.41) is 9.10. The van der Waals surface area contributed by atoms with Crippen molar-refractivity contribution in [2.45, 2.75) is 70.6 Å². The molecule has 0 bridgehead atoms. The van der Waals surface area contributed by atoms with Crippen LogP contribution in [0, 0.1) is 0 Å². The molecule has 0 saturated heterocycles. The maximum Gasteiger partial charge on any atom is 0.409 e. The molecule has 1 amide bonds. The second-order valence-electron chi connectivity index (χ2n) is 8.91. The molecule has 1 aliphatic rings. The van der Waals surface area contributed by atoms with E-state index in [2.05, 4.69) is 31.2 Å². The number of amides is 1. The van der Waals surface area contributed by atoms with Gasteiger partial charge in [0.05, 0.1) is 6.42 Å². The average molecular weight is 452 g/mol. The SMILES string of the molecule is CCCCCCCCCCN(CCC(=O)O)C(=O)OCC1c2ccccc2-c2ccccc21. The molecule has 1 N–H and O–H groups in total. The van der Waals surface area contributed by atoms with Crippen LogP contribution >= 0.6 is 0 Å². The fourth-order valence-electron chi connectivity index (χ4n) is 4.65. The molecular formula is C28H37NO4. The largest absolute Gasteiger partial charge is 0.481 e. The highest BCUT2D eigenvalue weighted by Crippen LogP contribution is 2.44. The molecule has 0 radical (unpaired) electrons.